The number of nitrogens with one attached hydrogen (secondary N) is 1. The Morgan fingerprint density at radius 1 is 1.17 bits per heavy atom. The van der Waals surface area contributed by atoms with Crippen LogP contribution in [0.5, 0.6) is 17.2 Å². The van der Waals surface area contributed by atoms with Crippen molar-refractivity contribution in [2.24, 2.45) is 0 Å². The summed E-state index contributed by atoms with van der Waals surface area (Å²) in [6, 6.07) is 10.1. The predicted molar refractivity (Wildman–Crippen MR) is 166 cm³/mol. The molecule has 0 bridgehead atoms. The quantitative estimate of drug-likeness (QED) is 0.165. The molecule has 1 aliphatic carbocycles. The summed E-state index contributed by atoms with van der Waals surface area (Å²) >= 11 is 2.06. The third kappa shape index (κ3) is 8.46. The van der Waals surface area contributed by atoms with E-state index in [1.807, 2.05) is 24.3 Å². The highest BCUT2D eigenvalue weighted by Gasteiger charge is 2.40. The first-order valence-electron chi connectivity index (χ1n) is 13.7. The molecular weight excluding hydrogens is 655 g/mol. The van der Waals surface area contributed by atoms with Crippen LogP contribution in [0.2, 0.25) is 0 Å². The van der Waals surface area contributed by atoms with Gasteiger partial charge in [0.1, 0.15) is 18.0 Å². The van der Waals surface area contributed by atoms with Gasteiger partial charge >= 0.3 is 0 Å². The minimum Gasteiger partial charge on any atom is -0.496 e. The lowest BCUT2D eigenvalue weighted by Gasteiger charge is -2.41. The van der Waals surface area contributed by atoms with Crippen LogP contribution in [0.4, 0.5) is 0 Å². The molecule has 2 amide bonds. The third-order valence-corrected chi connectivity index (χ3v) is 7.84. The molecule has 3 atom stereocenters. The van der Waals surface area contributed by atoms with Crippen molar-refractivity contribution < 1.29 is 39.1 Å². The number of aliphatic hydroxyl groups is 3. The van der Waals surface area contributed by atoms with E-state index in [-0.39, 0.29) is 45.1 Å². The van der Waals surface area contributed by atoms with Gasteiger partial charge in [0.25, 0.3) is 0 Å². The average molecular weight is 695 g/mol. The van der Waals surface area contributed by atoms with E-state index in [9.17, 15) is 24.9 Å². The smallest absolute Gasteiger partial charge is 0.247 e. The number of rotatable bonds is 15. The molecule has 2 aromatic carbocycles. The molecule has 0 radical (unpaired) electrons. The lowest BCUT2D eigenvalue weighted by molar-refractivity contribution is -0.138. The Balaban J connectivity index is 2.01. The van der Waals surface area contributed by atoms with E-state index in [2.05, 4.69) is 34.5 Å². The molecule has 0 aliphatic heterocycles. The van der Waals surface area contributed by atoms with E-state index >= 15 is 0 Å². The van der Waals surface area contributed by atoms with Gasteiger partial charge in [0, 0.05) is 31.5 Å². The topological polar surface area (TPSA) is 138 Å². The van der Waals surface area contributed by atoms with E-state index < -0.39 is 24.2 Å². The van der Waals surface area contributed by atoms with Crippen molar-refractivity contribution in [3.63, 3.8) is 0 Å². The third-order valence-electron chi connectivity index (χ3n) is 7.04. The van der Waals surface area contributed by atoms with Crippen molar-refractivity contribution in [3.05, 3.63) is 75.4 Å². The Kier molecular flexibility index (Phi) is 13.1. The molecule has 0 spiro atoms. The number of nitrogens with zero attached hydrogens (tertiary/aromatic N) is 1. The molecule has 0 aromatic heterocycles. The van der Waals surface area contributed by atoms with Crippen molar-refractivity contribution in [3.8, 4) is 17.2 Å². The minimum absolute atomic E-state index is 0.0546. The van der Waals surface area contributed by atoms with Crippen molar-refractivity contribution in [1.82, 2.24) is 10.2 Å². The normalized spacial score (nSPS) is 18.0. The van der Waals surface area contributed by atoms with Crippen LogP contribution >= 0.6 is 22.6 Å². The zero-order valence-electron chi connectivity index (χ0n) is 23.9. The number of carbonyl (C=O) groups is 2. The average Bonchev–Trinajstić information content (AvgIpc) is 3.00. The first-order valence-corrected chi connectivity index (χ1v) is 14.8. The van der Waals surface area contributed by atoms with E-state index in [4.69, 9.17) is 14.2 Å². The van der Waals surface area contributed by atoms with Gasteiger partial charge in [0.15, 0.2) is 11.5 Å². The Labute approximate surface area is 260 Å². The van der Waals surface area contributed by atoms with Gasteiger partial charge in [-0.2, -0.15) is 0 Å². The Bertz CT molecular complexity index is 1270. The molecule has 4 N–H and O–H groups in total. The van der Waals surface area contributed by atoms with Crippen LogP contribution in [-0.4, -0.2) is 84.2 Å². The summed E-state index contributed by atoms with van der Waals surface area (Å²) in [4.78, 5) is 28.3. The van der Waals surface area contributed by atoms with Gasteiger partial charge in [0.05, 0.1) is 37.0 Å². The number of amides is 2. The minimum atomic E-state index is -1.19. The molecule has 0 saturated carbocycles. The van der Waals surface area contributed by atoms with Gasteiger partial charge in [-0.3, -0.25) is 9.59 Å². The van der Waals surface area contributed by atoms with Crippen molar-refractivity contribution >= 4 is 34.4 Å². The van der Waals surface area contributed by atoms with Crippen molar-refractivity contribution in [2.75, 3.05) is 33.9 Å². The van der Waals surface area contributed by atoms with E-state index in [1.54, 1.807) is 36.3 Å². The highest BCUT2D eigenvalue weighted by molar-refractivity contribution is 14.1. The van der Waals surface area contributed by atoms with Crippen LogP contribution in [0.25, 0.3) is 0 Å². The Morgan fingerprint density at radius 3 is 2.57 bits per heavy atom. The number of aliphatic hydroxyl groups excluding tert-OH is 3. The maximum absolute atomic E-state index is 13.6. The summed E-state index contributed by atoms with van der Waals surface area (Å²) in [5.41, 5.74) is 1.85. The lowest BCUT2D eigenvalue weighted by Crippen LogP contribution is -2.55. The number of hydrogen-bond acceptors (Lipinski definition) is 8. The summed E-state index contributed by atoms with van der Waals surface area (Å²) in [5.74, 6) is 0.775. The zero-order valence-corrected chi connectivity index (χ0v) is 26.1. The van der Waals surface area contributed by atoms with E-state index in [0.29, 0.717) is 44.8 Å². The number of halogens is 1. The van der Waals surface area contributed by atoms with E-state index in [1.165, 1.54) is 7.11 Å². The first-order chi connectivity index (χ1) is 20.3. The molecule has 0 unspecified atom stereocenters. The summed E-state index contributed by atoms with van der Waals surface area (Å²) in [6.07, 6.45) is 2.20. The molecule has 2 aromatic rings. The fourth-order valence-electron chi connectivity index (χ4n) is 4.89. The maximum Gasteiger partial charge on any atom is 0.247 e. The van der Waals surface area contributed by atoms with Crippen molar-refractivity contribution in [2.45, 2.75) is 50.5 Å². The second-order valence-electron chi connectivity index (χ2n) is 9.76. The Morgan fingerprint density at radius 2 is 1.90 bits per heavy atom. The van der Waals surface area contributed by atoms with Crippen LogP contribution < -0.4 is 19.5 Å². The van der Waals surface area contributed by atoms with Crippen LogP contribution in [0.3, 0.4) is 0 Å². The lowest BCUT2D eigenvalue weighted by atomic mass is 9.87. The van der Waals surface area contributed by atoms with Crippen LogP contribution in [-0.2, 0) is 22.6 Å². The monoisotopic (exact) mass is 694 g/mol. The molecule has 0 heterocycles. The maximum atomic E-state index is 13.6. The summed E-state index contributed by atoms with van der Waals surface area (Å²) in [6.45, 7) is 3.62. The second kappa shape index (κ2) is 16.5. The predicted octanol–water partition coefficient (Wildman–Crippen LogP) is 2.75. The number of para-hydroxylation sites is 1. The zero-order chi connectivity index (χ0) is 30.6. The molecule has 42 heavy (non-hydrogen) atoms. The number of carbonyl (C=O) groups excluding carboxylic acids is 2. The van der Waals surface area contributed by atoms with Gasteiger partial charge in [-0.15, -0.1) is 6.58 Å². The number of allylic oxidation sites excluding steroid dienone is 1. The van der Waals surface area contributed by atoms with Gasteiger partial charge in [0.2, 0.25) is 11.8 Å². The molecule has 10 nitrogen and oxygen atoms in total. The molecule has 0 fully saturated rings. The molecule has 1 aliphatic rings. The highest BCUT2D eigenvalue weighted by Crippen LogP contribution is 2.37. The number of benzene rings is 2. The second-order valence-corrected chi connectivity index (χ2v) is 10.9. The first kappa shape index (κ1) is 33.4. The van der Waals surface area contributed by atoms with Crippen LogP contribution in [0.1, 0.15) is 30.4 Å². The van der Waals surface area contributed by atoms with Crippen LogP contribution in [0, 0.1) is 3.57 Å². The number of hydrogen-bond donors (Lipinski definition) is 4. The molecular formula is C31H39IN2O8. The fourth-order valence-corrected chi connectivity index (χ4v) is 5.68. The molecule has 3 rings (SSSR count). The highest BCUT2D eigenvalue weighted by atomic mass is 127. The number of methoxy groups -OCH3 is 2. The molecule has 228 valence electrons. The summed E-state index contributed by atoms with van der Waals surface area (Å²) in [5, 5.41) is 33.2. The Hall–Kier alpha value is -3.13. The van der Waals surface area contributed by atoms with E-state index in [0.717, 1.165) is 5.56 Å². The van der Waals surface area contributed by atoms with Crippen molar-refractivity contribution in [1.29, 1.82) is 0 Å². The standard InChI is InChI=1S/C31H39IN2O8/c1-4-5-10-28(37)34(13-11-21-8-6-7-9-25(21)40-2)24-17-22(31(39)33-12-14-35)18-26(29(24)38)42-30-23(32)15-20(19-36)16-27(30)41-3/h4,6-9,15-16,18,24,26,29,35-36,38H,1,5,10-14,17,19H2,2-3H3,(H,33,39)/t24-,26+,29+/m1/s1. The van der Waals surface area contributed by atoms with Gasteiger partial charge in [-0.25, -0.2) is 0 Å². The van der Waals surface area contributed by atoms with Crippen LogP contribution in [0.15, 0.2) is 60.7 Å². The summed E-state index contributed by atoms with van der Waals surface area (Å²) < 4.78 is 17.9. The van der Waals surface area contributed by atoms with Gasteiger partial charge in [-0.1, -0.05) is 24.3 Å². The SMILES string of the molecule is C=CCCC(=O)N(CCc1ccccc1OC)[C@@H]1CC(C(=O)NCCO)=C[C@H](Oc2c(I)cc(CO)cc2OC)[C@H]1O. The molecule has 11 heteroatoms. The fraction of sp³-hybridized carbons (Fsp3) is 0.419. The van der Waals surface area contributed by atoms with Gasteiger partial charge in [-0.05, 0) is 70.8 Å². The summed E-state index contributed by atoms with van der Waals surface area (Å²) in [7, 11) is 3.06. The number of ether oxygens (including phenoxy) is 3. The van der Waals surface area contributed by atoms with Gasteiger partial charge < -0.3 is 39.7 Å². The molecule has 0 saturated heterocycles. The largest absolute Gasteiger partial charge is 0.496 e.